The van der Waals surface area contributed by atoms with Gasteiger partial charge in [-0.05, 0) is 19.1 Å². The number of nitrogens with two attached hydrogens (primary N) is 1. The topological polar surface area (TPSA) is 118 Å². The molecule has 4 rings (SSSR count). The Balaban J connectivity index is 1.41. The highest BCUT2D eigenvalue weighted by Crippen LogP contribution is 2.33. The largest absolute Gasteiger partial charge is 0.507 e. The van der Waals surface area contributed by atoms with Gasteiger partial charge in [0.15, 0.2) is 35.6 Å². The summed E-state index contributed by atoms with van der Waals surface area (Å²) in [4.78, 5) is 12.0. The van der Waals surface area contributed by atoms with Gasteiger partial charge in [0.2, 0.25) is 0 Å². The van der Waals surface area contributed by atoms with Crippen LogP contribution in [0.2, 0.25) is 0 Å². The molecule has 9 nitrogen and oxygen atoms in total. The molecule has 0 bridgehead atoms. The van der Waals surface area contributed by atoms with Gasteiger partial charge in [-0.3, -0.25) is 4.57 Å². The average Bonchev–Trinajstić information content (AvgIpc) is 3.30. The van der Waals surface area contributed by atoms with Gasteiger partial charge in [0.05, 0.1) is 6.33 Å². The van der Waals surface area contributed by atoms with Crippen molar-refractivity contribution < 1.29 is 23.7 Å². The van der Waals surface area contributed by atoms with Crippen LogP contribution in [-0.2, 0) is 9.47 Å². The van der Waals surface area contributed by atoms with Crippen LogP contribution in [-0.4, -0.2) is 37.5 Å². The molecule has 0 amide bonds. The third-order valence-corrected chi connectivity index (χ3v) is 4.24. The van der Waals surface area contributed by atoms with E-state index in [-0.39, 0.29) is 23.9 Å². The Morgan fingerprint density at radius 1 is 1.28 bits per heavy atom. The summed E-state index contributed by atoms with van der Waals surface area (Å²) in [7, 11) is 0. The number of anilines is 1. The lowest BCUT2D eigenvalue weighted by molar-refractivity contribution is -0.137. The molecule has 1 aliphatic rings. The lowest BCUT2D eigenvalue weighted by Crippen LogP contribution is -2.17. The third kappa shape index (κ3) is 3.89. The number of halogens is 1. The number of nitrogen functional groups attached to an aromatic ring is 1. The summed E-state index contributed by atoms with van der Waals surface area (Å²) in [6, 6.07) is 9.00. The highest BCUT2D eigenvalue weighted by Gasteiger charge is 2.31. The number of fused-ring (bicyclic) bond motifs is 1. The second kappa shape index (κ2) is 7.86. The fourth-order valence-electron chi connectivity index (χ4n) is 2.76. The first-order valence-corrected chi connectivity index (χ1v) is 8.72. The van der Waals surface area contributed by atoms with Crippen molar-refractivity contribution in [2.45, 2.75) is 19.4 Å². The number of benzene rings is 1. The number of ether oxygens (including phenoxy) is 3. The van der Waals surface area contributed by atoms with Gasteiger partial charge in [-0.2, -0.15) is 0 Å². The fraction of sp³-hybridized carbons (Fsp3) is 0.211. The van der Waals surface area contributed by atoms with Crippen LogP contribution >= 0.6 is 0 Å². The maximum atomic E-state index is 14.4. The molecule has 0 fully saturated rings. The summed E-state index contributed by atoms with van der Waals surface area (Å²) in [5.74, 6) is 0.319. The summed E-state index contributed by atoms with van der Waals surface area (Å²) in [5.41, 5.74) is 6.43. The normalized spacial score (nSPS) is 19.9. The van der Waals surface area contributed by atoms with Crippen LogP contribution in [0.4, 0.5) is 10.2 Å². The summed E-state index contributed by atoms with van der Waals surface area (Å²) >= 11 is 0. The monoisotopic (exact) mass is 399 g/mol. The van der Waals surface area contributed by atoms with Crippen molar-refractivity contribution in [2.75, 3.05) is 12.3 Å². The molecule has 150 valence electrons. The molecule has 1 aromatic carbocycles. The van der Waals surface area contributed by atoms with Crippen molar-refractivity contribution in [3.05, 3.63) is 66.4 Å². The molecular weight excluding hydrogens is 381 g/mol. The van der Waals surface area contributed by atoms with E-state index in [0.29, 0.717) is 16.9 Å². The number of para-hydroxylation sites is 1. The first kappa shape index (κ1) is 18.8. The Hall–Kier alpha value is -3.50. The lowest BCUT2D eigenvalue weighted by atomic mass is 10.3. The SMILES string of the molecule is C/C(Oc1ccccc1)=C(\O)CO[C@@H]1C=C(F)C(n2cnc3c(N)ncnc32)O1. The van der Waals surface area contributed by atoms with Gasteiger partial charge in [-0.1, -0.05) is 18.2 Å². The van der Waals surface area contributed by atoms with Gasteiger partial charge in [0.1, 0.15) is 30.0 Å². The van der Waals surface area contributed by atoms with Crippen LogP contribution in [0.5, 0.6) is 5.75 Å². The van der Waals surface area contributed by atoms with Crippen LogP contribution in [0.25, 0.3) is 11.2 Å². The average molecular weight is 399 g/mol. The van der Waals surface area contributed by atoms with E-state index in [2.05, 4.69) is 15.0 Å². The van der Waals surface area contributed by atoms with Crippen molar-refractivity contribution in [1.82, 2.24) is 19.5 Å². The summed E-state index contributed by atoms with van der Waals surface area (Å²) in [6.07, 6.45) is 1.68. The summed E-state index contributed by atoms with van der Waals surface area (Å²) < 4.78 is 32.4. The Bertz CT molecular complexity index is 1080. The molecule has 0 saturated heterocycles. The van der Waals surface area contributed by atoms with Crippen molar-refractivity contribution >= 4 is 17.0 Å². The summed E-state index contributed by atoms with van der Waals surface area (Å²) in [6.45, 7) is 1.38. The van der Waals surface area contributed by atoms with Crippen LogP contribution < -0.4 is 10.5 Å². The molecule has 0 spiro atoms. The van der Waals surface area contributed by atoms with E-state index >= 15 is 0 Å². The van der Waals surface area contributed by atoms with Crippen LogP contribution in [0.3, 0.4) is 0 Å². The van der Waals surface area contributed by atoms with Crippen LogP contribution in [0, 0.1) is 0 Å². The van der Waals surface area contributed by atoms with E-state index in [0.717, 1.165) is 0 Å². The van der Waals surface area contributed by atoms with Gasteiger partial charge in [-0.15, -0.1) is 0 Å². The number of imidazole rings is 1. The zero-order valence-electron chi connectivity index (χ0n) is 15.4. The van der Waals surface area contributed by atoms with E-state index < -0.39 is 18.3 Å². The molecular formula is C19H18FN5O4. The van der Waals surface area contributed by atoms with E-state index in [9.17, 15) is 9.50 Å². The predicted molar refractivity (Wildman–Crippen MR) is 101 cm³/mol. The molecule has 3 N–H and O–H groups in total. The smallest absolute Gasteiger partial charge is 0.192 e. The van der Waals surface area contributed by atoms with Gasteiger partial charge < -0.3 is 25.1 Å². The third-order valence-electron chi connectivity index (χ3n) is 4.24. The molecule has 0 saturated carbocycles. The molecule has 2 aromatic heterocycles. The zero-order valence-corrected chi connectivity index (χ0v) is 15.4. The molecule has 1 unspecified atom stereocenters. The molecule has 10 heteroatoms. The van der Waals surface area contributed by atoms with Crippen LogP contribution in [0.15, 0.2) is 66.4 Å². The predicted octanol–water partition coefficient (Wildman–Crippen LogP) is 3.00. The number of hydrogen-bond acceptors (Lipinski definition) is 8. The van der Waals surface area contributed by atoms with Crippen molar-refractivity contribution in [3.8, 4) is 5.75 Å². The molecule has 3 aromatic rings. The molecule has 0 radical (unpaired) electrons. The van der Waals surface area contributed by atoms with Gasteiger partial charge in [0.25, 0.3) is 0 Å². The number of hydrogen-bond donors (Lipinski definition) is 2. The standard InChI is InChI=1S/C19H18FN5O4/c1-11(28-12-5-3-2-4-6-12)14(26)8-27-15-7-13(20)19(29-15)25-10-24-16-17(21)22-9-23-18(16)25/h2-7,9-10,15,19,26H,8H2,1H3,(H2,21,22,23)/b14-11+/t15-,19?/m0/s1. The van der Waals surface area contributed by atoms with E-state index in [4.69, 9.17) is 19.9 Å². The Morgan fingerprint density at radius 3 is 2.86 bits per heavy atom. The number of allylic oxidation sites excluding steroid dienone is 1. The summed E-state index contributed by atoms with van der Waals surface area (Å²) in [5, 5.41) is 10.1. The van der Waals surface area contributed by atoms with E-state index in [1.807, 2.05) is 18.2 Å². The molecule has 0 aliphatic carbocycles. The van der Waals surface area contributed by atoms with E-state index in [1.165, 1.54) is 23.3 Å². The number of aliphatic hydroxyl groups excluding tert-OH is 1. The molecule has 1 aliphatic heterocycles. The lowest BCUT2D eigenvalue weighted by Gasteiger charge is -2.16. The minimum atomic E-state index is -1.10. The first-order valence-electron chi connectivity index (χ1n) is 8.72. The second-order valence-electron chi connectivity index (χ2n) is 6.22. The van der Waals surface area contributed by atoms with E-state index in [1.54, 1.807) is 19.1 Å². The van der Waals surface area contributed by atoms with Gasteiger partial charge in [-0.25, -0.2) is 19.3 Å². The fourth-order valence-corrected chi connectivity index (χ4v) is 2.76. The Kier molecular flexibility index (Phi) is 5.10. The Morgan fingerprint density at radius 2 is 2.07 bits per heavy atom. The zero-order chi connectivity index (χ0) is 20.4. The molecule has 2 atom stereocenters. The number of rotatable bonds is 6. The minimum absolute atomic E-state index is 0.136. The number of nitrogens with zero attached hydrogens (tertiary/aromatic N) is 4. The van der Waals surface area contributed by atoms with Gasteiger partial charge >= 0.3 is 0 Å². The molecule has 3 heterocycles. The second-order valence-corrected chi connectivity index (χ2v) is 6.22. The minimum Gasteiger partial charge on any atom is -0.507 e. The highest BCUT2D eigenvalue weighted by molar-refractivity contribution is 5.81. The first-order chi connectivity index (χ1) is 14.0. The van der Waals surface area contributed by atoms with Crippen molar-refractivity contribution in [2.24, 2.45) is 0 Å². The number of aromatic nitrogens is 4. The maximum Gasteiger partial charge on any atom is 0.192 e. The quantitative estimate of drug-likeness (QED) is 0.608. The maximum absolute atomic E-state index is 14.4. The highest BCUT2D eigenvalue weighted by atomic mass is 19.1. The van der Waals surface area contributed by atoms with Crippen molar-refractivity contribution in [3.63, 3.8) is 0 Å². The van der Waals surface area contributed by atoms with Crippen molar-refractivity contribution in [1.29, 1.82) is 0 Å². The van der Waals surface area contributed by atoms with Crippen LogP contribution in [0.1, 0.15) is 13.2 Å². The Labute approximate surface area is 164 Å². The molecule has 29 heavy (non-hydrogen) atoms. The van der Waals surface area contributed by atoms with Gasteiger partial charge in [0, 0.05) is 6.08 Å². The number of aliphatic hydroxyl groups is 1.